The third-order valence-corrected chi connectivity index (χ3v) is 3.98. The number of nitrogens with one attached hydrogen (secondary N) is 1. The number of imidazole rings is 1. The standard InChI is InChI=1S/C15H15F2N3O2/c16-11-2-1-10(7-12(11)17)13-8-18-14(19-13)9-3-5-20(6-4-9)15(21)22/h1-2,7-9H,3-6H2,(H,18,19)(H,21,22). The number of carboxylic acid groups (broad SMARTS) is 1. The zero-order chi connectivity index (χ0) is 15.7. The molecular weight excluding hydrogens is 292 g/mol. The quantitative estimate of drug-likeness (QED) is 0.895. The minimum Gasteiger partial charge on any atom is -0.465 e. The number of H-pyrrole nitrogens is 1. The summed E-state index contributed by atoms with van der Waals surface area (Å²) in [7, 11) is 0. The van der Waals surface area contributed by atoms with Gasteiger partial charge in [-0.2, -0.15) is 0 Å². The van der Waals surface area contributed by atoms with Gasteiger partial charge in [-0.15, -0.1) is 0 Å². The van der Waals surface area contributed by atoms with E-state index in [2.05, 4.69) is 9.97 Å². The SMILES string of the molecule is O=C(O)N1CCC(c2ncc(-c3ccc(F)c(F)c3)[nH]2)CC1. The number of likely N-dealkylation sites (tertiary alicyclic amines) is 1. The van der Waals surface area contributed by atoms with Crippen molar-refractivity contribution in [1.29, 1.82) is 0 Å². The average molecular weight is 307 g/mol. The van der Waals surface area contributed by atoms with Crippen molar-refractivity contribution in [2.24, 2.45) is 0 Å². The predicted molar refractivity (Wildman–Crippen MR) is 75.5 cm³/mol. The first kappa shape index (κ1) is 14.5. The van der Waals surface area contributed by atoms with E-state index in [1.165, 1.54) is 11.0 Å². The van der Waals surface area contributed by atoms with E-state index in [1.54, 1.807) is 6.20 Å². The molecule has 116 valence electrons. The lowest BCUT2D eigenvalue weighted by Crippen LogP contribution is -2.37. The van der Waals surface area contributed by atoms with E-state index in [-0.39, 0.29) is 5.92 Å². The summed E-state index contributed by atoms with van der Waals surface area (Å²) in [6.07, 6.45) is 2.07. The molecule has 0 atom stereocenters. The molecule has 2 N–H and O–H groups in total. The van der Waals surface area contributed by atoms with Crippen molar-refractivity contribution >= 4 is 6.09 Å². The molecule has 0 spiro atoms. The minimum absolute atomic E-state index is 0.148. The van der Waals surface area contributed by atoms with E-state index in [9.17, 15) is 13.6 Å². The molecule has 0 unspecified atom stereocenters. The minimum atomic E-state index is -0.902. The Morgan fingerprint density at radius 2 is 2.00 bits per heavy atom. The van der Waals surface area contributed by atoms with Gasteiger partial charge in [-0.25, -0.2) is 18.6 Å². The van der Waals surface area contributed by atoms with Crippen LogP contribution in [-0.4, -0.2) is 39.2 Å². The first-order valence-electron chi connectivity index (χ1n) is 7.03. The Bertz CT molecular complexity index is 694. The molecule has 1 aromatic carbocycles. The summed E-state index contributed by atoms with van der Waals surface area (Å²) in [5.41, 5.74) is 1.15. The summed E-state index contributed by atoms with van der Waals surface area (Å²) >= 11 is 0. The van der Waals surface area contributed by atoms with E-state index in [4.69, 9.17) is 5.11 Å². The predicted octanol–water partition coefficient (Wildman–Crippen LogP) is 3.21. The van der Waals surface area contributed by atoms with Crippen LogP contribution in [0.15, 0.2) is 24.4 Å². The number of benzene rings is 1. The molecule has 0 saturated carbocycles. The van der Waals surface area contributed by atoms with Gasteiger partial charge in [0.05, 0.1) is 11.9 Å². The van der Waals surface area contributed by atoms with Gasteiger partial charge >= 0.3 is 6.09 Å². The third-order valence-electron chi connectivity index (χ3n) is 3.98. The van der Waals surface area contributed by atoms with Crippen LogP contribution in [0.4, 0.5) is 13.6 Å². The number of halogens is 2. The number of hydrogen-bond acceptors (Lipinski definition) is 2. The first-order chi connectivity index (χ1) is 10.5. The maximum atomic E-state index is 13.3. The highest BCUT2D eigenvalue weighted by Crippen LogP contribution is 2.28. The summed E-state index contributed by atoms with van der Waals surface area (Å²) < 4.78 is 26.2. The number of nitrogens with zero attached hydrogens (tertiary/aromatic N) is 2. The van der Waals surface area contributed by atoms with Gasteiger partial charge in [0.15, 0.2) is 11.6 Å². The normalized spacial score (nSPS) is 16.0. The monoisotopic (exact) mass is 307 g/mol. The van der Waals surface area contributed by atoms with Gasteiger partial charge in [0.1, 0.15) is 5.82 Å². The van der Waals surface area contributed by atoms with Gasteiger partial charge in [-0.05, 0) is 31.0 Å². The molecule has 0 radical (unpaired) electrons. The summed E-state index contributed by atoms with van der Waals surface area (Å²) in [6, 6.07) is 3.69. The summed E-state index contributed by atoms with van der Waals surface area (Å²) in [5, 5.41) is 8.93. The fourth-order valence-electron chi connectivity index (χ4n) is 2.70. The highest BCUT2D eigenvalue weighted by atomic mass is 19.2. The number of piperidine rings is 1. The zero-order valence-electron chi connectivity index (χ0n) is 11.7. The van der Waals surface area contributed by atoms with Crippen molar-refractivity contribution in [3.8, 4) is 11.3 Å². The van der Waals surface area contributed by atoms with Crippen molar-refractivity contribution in [2.75, 3.05) is 13.1 Å². The molecule has 1 aliphatic rings. The fraction of sp³-hybridized carbons (Fsp3) is 0.333. The number of carbonyl (C=O) groups is 1. The Labute approximate surface area is 125 Å². The Morgan fingerprint density at radius 1 is 1.27 bits per heavy atom. The second-order valence-corrected chi connectivity index (χ2v) is 5.35. The fourth-order valence-corrected chi connectivity index (χ4v) is 2.70. The van der Waals surface area contributed by atoms with Crippen LogP contribution < -0.4 is 0 Å². The summed E-state index contributed by atoms with van der Waals surface area (Å²) in [4.78, 5) is 19.7. The molecule has 1 aliphatic heterocycles. The molecule has 1 saturated heterocycles. The van der Waals surface area contributed by atoms with E-state index in [1.807, 2.05) is 0 Å². The van der Waals surface area contributed by atoms with Crippen LogP contribution in [-0.2, 0) is 0 Å². The summed E-state index contributed by atoms with van der Waals surface area (Å²) in [6.45, 7) is 0.947. The maximum absolute atomic E-state index is 13.3. The Morgan fingerprint density at radius 3 is 2.64 bits per heavy atom. The molecule has 1 amide bonds. The lowest BCUT2D eigenvalue weighted by molar-refractivity contribution is 0.131. The van der Waals surface area contributed by atoms with Crippen molar-refractivity contribution < 1.29 is 18.7 Å². The highest BCUT2D eigenvalue weighted by Gasteiger charge is 2.25. The lowest BCUT2D eigenvalue weighted by Gasteiger charge is -2.28. The van der Waals surface area contributed by atoms with Gasteiger partial charge in [-0.1, -0.05) is 0 Å². The van der Waals surface area contributed by atoms with E-state index in [0.717, 1.165) is 18.0 Å². The van der Waals surface area contributed by atoms with Gasteiger partial charge in [0, 0.05) is 24.6 Å². The van der Waals surface area contributed by atoms with Crippen LogP contribution in [0, 0.1) is 11.6 Å². The number of hydrogen-bond donors (Lipinski definition) is 2. The molecule has 0 bridgehead atoms. The molecule has 2 heterocycles. The van der Waals surface area contributed by atoms with Crippen molar-refractivity contribution in [3.63, 3.8) is 0 Å². The number of aromatic amines is 1. The van der Waals surface area contributed by atoms with Gasteiger partial charge in [0.2, 0.25) is 0 Å². The van der Waals surface area contributed by atoms with Crippen LogP contribution in [0.1, 0.15) is 24.6 Å². The first-order valence-corrected chi connectivity index (χ1v) is 7.03. The van der Waals surface area contributed by atoms with Gasteiger partial charge in [0.25, 0.3) is 0 Å². The van der Waals surface area contributed by atoms with E-state index in [0.29, 0.717) is 37.2 Å². The molecular formula is C15H15F2N3O2. The largest absolute Gasteiger partial charge is 0.465 e. The Kier molecular flexibility index (Phi) is 3.79. The smallest absolute Gasteiger partial charge is 0.407 e. The Balaban J connectivity index is 1.74. The molecule has 1 fully saturated rings. The van der Waals surface area contributed by atoms with Gasteiger partial charge in [-0.3, -0.25) is 0 Å². The van der Waals surface area contributed by atoms with Crippen LogP contribution >= 0.6 is 0 Å². The van der Waals surface area contributed by atoms with Crippen LogP contribution in [0.25, 0.3) is 11.3 Å². The lowest BCUT2D eigenvalue weighted by atomic mass is 9.96. The zero-order valence-corrected chi connectivity index (χ0v) is 11.7. The number of amides is 1. The van der Waals surface area contributed by atoms with Crippen LogP contribution in [0.5, 0.6) is 0 Å². The Hall–Kier alpha value is -2.44. The number of aromatic nitrogens is 2. The van der Waals surface area contributed by atoms with Crippen molar-refractivity contribution in [2.45, 2.75) is 18.8 Å². The highest BCUT2D eigenvalue weighted by molar-refractivity contribution is 5.65. The topological polar surface area (TPSA) is 69.2 Å². The second-order valence-electron chi connectivity index (χ2n) is 5.35. The van der Waals surface area contributed by atoms with Crippen LogP contribution in [0.2, 0.25) is 0 Å². The molecule has 1 aromatic heterocycles. The third kappa shape index (κ3) is 2.79. The molecule has 2 aromatic rings. The molecule has 7 heteroatoms. The van der Waals surface area contributed by atoms with Crippen molar-refractivity contribution in [3.05, 3.63) is 41.9 Å². The maximum Gasteiger partial charge on any atom is 0.407 e. The number of rotatable bonds is 2. The molecule has 5 nitrogen and oxygen atoms in total. The summed E-state index contributed by atoms with van der Waals surface area (Å²) in [5.74, 6) is -0.882. The van der Waals surface area contributed by atoms with Gasteiger partial charge < -0.3 is 15.0 Å². The van der Waals surface area contributed by atoms with E-state index >= 15 is 0 Å². The molecule has 3 rings (SSSR count). The molecule has 0 aliphatic carbocycles. The van der Waals surface area contributed by atoms with Crippen molar-refractivity contribution in [1.82, 2.24) is 14.9 Å². The van der Waals surface area contributed by atoms with E-state index < -0.39 is 17.7 Å². The van der Waals surface area contributed by atoms with Crippen LogP contribution in [0.3, 0.4) is 0 Å². The average Bonchev–Trinajstić information content (AvgIpc) is 3.00. The second kappa shape index (κ2) is 5.75. The molecule has 22 heavy (non-hydrogen) atoms.